The number of para-hydroxylation sites is 2. The van der Waals surface area contributed by atoms with Crippen molar-refractivity contribution in [2.75, 3.05) is 0 Å². The van der Waals surface area contributed by atoms with Crippen LogP contribution in [0.1, 0.15) is 43.2 Å². The van der Waals surface area contributed by atoms with Gasteiger partial charge in [0, 0.05) is 13.1 Å². The lowest BCUT2D eigenvalue weighted by Crippen LogP contribution is -2.27. The highest BCUT2D eigenvalue weighted by Gasteiger charge is 2.20. The van der Waals surface area contributed by atoms with E-state index in [0.29, 0.717) is 17.4 Å². The molecule has 0 bridgehead atoms. The van der Waals surface area contributed by atoms with Crippen LogP contribution in [0, 0.1) is 0 Å². The van der Waals surface area contributed by atoms with Crippen molar-refractivity contribution in [1.82, 2.24) is 20.1 Å². The normalized spacial score (nSPS) is 12.5. The molecule has 1 amide bonds. The van der Waals surface area contributed by atoms with Crippen molar-refractivity contribution in [2.45, 2.75) is 32.9 Å². The maximum Gasteiger partial charge on any atom is 0.272 e. The summed E-state index contributed by atoms with van der Waals surface area (Å²) in [6.45, 7) is 5.65. The second kappa shape index (κ2) is 6.35. The van der Waals surface area contributed by atoms with Gasteiger partial charge >= 0.3 is 0 Å². The molecule has 0 saturated carbocycles. The molecule has 2 heterocycles. The average Bonchev–Trinajstić information content (AvgIpc) is 3.11. The second-order valence-electron chi connectivity index (χ2n) is 5.87. The summed E-state index contributed by atoms with van der Waals surface area (Å²) in [4.78, 5) is 16.8. The van der Waals surface area contributed by atoms with Gasteiger partial charge in [-0.05, 0) is 32.9 Å². The van der Waals surface area contributed by atoms with Gasteiger partial charge < -0.3 is 14.5 Å². The van der Waals surface area contributed by atoms with E-state index in [1.54, 1.807) is 17.8 Å². The minimum absolute atomic E-state index is 0.00924. The number of fused-ring (bicyclic) bond motifs is 1. The Balaban J connectivity index is 1.74. The van der Waals surface area contributed by atoms with Gasteiger partial charge in [-0.1, -0.05) is 12.1 Å². The molecule has 7 heteroatoms. The molecule has 0 fully saturated rings. The van der Waals surface area contributed by atoms with E-state index in [-0.39, 0.29) is 23.7 Å². The van der Waals surface area contributed by atoms with Crippen LogP contribution in [0.4, 0.5) is 0 Å². The van der Waals surface area contributed by atoms with Gasteiger partial charge in [-0.25, -0.2) is 9.67 Å². The largest absolute Gasteiger partial charge is 0.475 e. The van der Waals surface area contributed by atoms with Crippen molar-refractivity contribution < 1.29 is 13.9 Å². The number of hydrogen-bond acceptors (Lipinski definition) is 5. The molecule has 2 aromatic heterocycles. The van der Waals surface area contributed by atoms with Gasteiger partial charge in [-0.2, -0.15) is 5.10 Å². The SMILES string of the molecule is CC(C)Oc1cc(C(=O)NC(C)c2nc3ccccc3o2)nn1C. The smallest absolute Gasteiger partial charge is 0.272 e. The van der Waals surface area contributed by atoms with Crippen LogP contribution in [0.15, 0.2) is 34.7 Å². The summed E-state index contributed by atoms with van der Waals surface area (Å²) in [6.07, 6.45) is 0.00924. The van der Waals surface area contributed by atoms with E-state index < -0.39 is 0 Å². The van der Waals surface area contributed by atoms with Gasteiger partial charge in [0.2, 0.25) is 11.8 Å². The first-order chi connectivity index (χ1) is 11.4. The van der Waals surface area contributed by atoms with Crippen LogP contribution in [0.2, 0.25) is 0 Å². The Morgan fingerprint density at radius 3 is 2.75 bits per heavy atom. The molecule has 3 rings (SSSR count). The number of amides is 1. The van der Waals surface area contributed by atoms with Crippen molar-refractivity contribution in [1.29, 1.82) is 0 Å². The highest BCUT2D eigenvalue weighted by Crippen LogP contribution is 2.20. The molecule has 1 atom stereocenters. The summed E-state index contributed by atoms with van der Waals surface area (Å²) in [5.41, 5.74) is 1.74. The molecule has 0 radical (unpaired) electrons. The van der Waals surface area contributed by atoms with E-state index in [4.69, 9.17) is 9.15 Å². The van der Waals surface area contributed by atoms with Gasteiger partial charge in [-0.15, -0.1) is 0 Å². The molecule has 0 aliphatic rings. The van der Waals surface area contributed by atoms with Crippen molar-refractivity contribution in [3.05, 3.63) is 41.9 Å². The molecule has 0 saturated heterocycles. The lowest BCUT2D eigenvalue weighted by Gasteiger charge is -2.08. The maximum absolute atomic E-state index is 12.4. The number of aromatic nitrogens is 3. The molecule has 1 unspecified atom stereocenters. The second-order valence-corrected chi connectivity index (χ2v) is 5.87. The summed E-state index contributed by atoms with van der Waals surface area (Å²) in [7, 11) is 1.73. The predicted molar refractivity (Wildman–Crippen MR) is 88.9 cm³/mol. The Morgan fingerprint density at radius 2 is 2.04 bits per heavy atom. The van der Waals surface area contributed by atoms with Crippen LogP contribution in [0.5, 0.6) is 5.88 Å². The fourth-order valence-electron chi connectivity index (χ4n) is 2.32. The fourth-order valence-corrected chi connectivity index (χ4v) is 2.32. The minimum atomic E-state index is -0.374. The minimum Gasteiger partial charge on any atom is -0.475 e. The van der Waals surface area contributed by atoms with E-state index in [9.17, 15) is 4.79 Å². The molecule has 0 aliphatic carbocycles. The number of aryl methyl sites for hydroxylation is 1. The van der Waals surface area contributed by atoms with E-state index in [1.807, 2.05) is 45.0 Å². The van der Waals surface area contributed by atoms with Crippen molar-refractivity contribution in [2.24, 2.45) is 7.05 Å². The zero-order valence-electron chi connectivity index (χ0n) is 14.1. The molecular weight excluding hydrogens is 308 g/mol. The summed E-state index contributed by atoms with van der Waals surface area (Å²) in [5.74, 6) is 0.697. The lowest BCUT2D eigenvalue weighted by molar-refractivity contribution is 0.0928. The Hall–Kier alpha value is -2.83. The summed E-state index contributed by atoms with van der Waals surface area (Å²) in [5, 5.41) is 7.02. The molecule has 1 aromatic carbocycles. The van der Waals surface area contributed by atoms with Crippen LogP contribution in [-0.2, 0) is 7.05 Å². The monoisotopic (exact) mass is 328 g/mol. The van der Waals surface area contributed by atoms with Crippen LogP contribution in [0.3, 0.4) is 0 Å². The van der Waals surface area contributed by atoms with E-state index in [2.05, 4.69) is 15.4 Å². The third kappa shape index (κ3) is 3.24. The molecule has 0 aliphatic heterocycles. The number of oxazole rings is 1. The first-order valence-electron chi connectivity index (χ1n) is 7.81. The zero-order valence-corrected chi connectivity index (χ0v) is 14.1. The maximum atomic E-state index is 12.4. The van der Waals surface area contributed by atoms with E-state index in [1.165, 1.54) is 0 Å². The number of carbonyl (C=O) groups excluding carboxylic acids is 1. The number of carbonyl (C=O) groups is 1. The van der Waals surface area contributed by atoms with Gasteiger partial charge in [-0.3, -0.25) is 4.79 Å². The quantitative estimate of drug-likeness (QED) is 0.779. The number of hydrogen-bond donors (Lipinski definition) is 1. The van der Waals surface area contributed by atoms with Crippen molar-refractivity contribution in [3.8, 4) is 5.88 Å². The van der Waals surface area contributed by atoms with E-state index in [0.717, 1.165) is 5.52 Å². The fraction of sp³-hybridized carbons (Fsp3) is 0.353. The Labute approximate surface area is 139 Å². The van der Waals surface area contributed by atoms with Gasteiger partial charge in [0.1, 0.15) is 11.6 Å². The van der Waals surface area contributed by atoms with Crippen molar-refractivity contribution in [3.63, 3.8) is 0 Å². The number of rotatable bonds is 5. The molecule has 24 heavy (non-hydrogen) atoms. The summed E-state index contributed by atoms with van der Waals surface area (Å²) >= 11 is 0. The Bertz CT molecular complexity index is 833. The standard InChI is InChI=1S/C17H20N4O3/c1-10(2)23-15-9-13(20-21(15)4)16(22)18-11(3)17-19-12-7-5-6-8-14(12)24-17/h5-11H,1-4H3,(H,18,22). The predicted octanol–water partition coefficient (Wildman–Crippen LogP) is 2.84. The Kier molecular flexibility index (Phi) is 4.24. The molecule has 1 N–H and O–H groups in total. The number of ether oxygens (including phenoxy) is 1. The Morgan fingerprint density at radius 1 is 1.29 bits per heavy atom. The summed E-state index contributed by atoms with van der Waals surface area (Å²) < 4.78 is 12.8. The van der Waals surface area contributed by atoms with E-state index >= 15 is 0 Å². The topological polar surface area (TPSA) is 82.2 Å². The number of benzene rings is 1. The van der Waals surface area contributed by atoms with Gasteiger partial charge in [0.05, 0.1) is 6.10 Å². The van der Waals surface area contributed by atoms with Gasteiger partial charge in [0.25, 0.3) is 5.91 Å². The lowest BCUT2D eigenvalue weighted by atomic mass is 10.3. The van der Waals surface area contributed by atoms with Gasteiger partial charge in [0.15, 0.2) is 11.3 Å². The third-order valence-electron chi connectivity index (χ3n) is 3.45. The van der Waals surface area contributed by atoms with Crippen LogP contribution in [0.25, 0.3) is 11.1 Å². The molecule has 3 aromatic rings. The number of nitrogens with zero attached hydrogens (tertiary/aromatic N) is 3. The average molecular weight is 328 g/mol. The highest BCUT2D eigenvalue weighted by atomic mass is 16.5. The molecular formula is C17H20N4O3. The van der Waals surface area contributed by atoms with Crippen LogP contribution in [-0.4, -0.2) is 26.8 Å². The molecule has 7 nitrogen and oxygen atoms in total. The van der Waals surface area contributed by atoms with Crippen LogP contribution < -0.4 is 10.1 Å². The summed E-state index contributed by atoms with van der Waals surface area (Å²) in [6, 6.07) is 8.72. The molecule has 126 valence electrons. The van der Waals surface area contributed by atoms with Crippen molar-refractivity contribution >= 4 is 17.0 Å². The molecule has 0 spiro atoms. The third-order valence-corrected chi connectivity index (χ3v) is 3.45. The number of nitrogens with one attached hydrogen (secondary N) is 1. The zero-order chi connectivity index (χ0) is 17.3. The first kappa shape index (κ1) is 16.0. The highest BCUT2D eigenvalue weighted by molar-refractivity contribution is 5.92. The first-order valence-corrected chi connectivity index (χ1v) is 7.81. The van der Waals surface area contributed by atoms with Crippen LogP contribution >= 0.6 is 0 Å².